The number of hydrogen-bond donors (Lipinski definition) is 2. The minimum atomic E-state index is 0.835. The lowest BCUT2D eigenvalue weighted by atomic mass is 10.2. The zero-order chi connectivity index (χ0) is 13.9. The second-order valence-electron chi connectivity index (χ2n) is 4.42. The Hall–Kier alpha value is -1.07. The van der Waals surface area contributed by atoms with Crippen LogP contribution in [0.1, 0.15) is 29.0 Å². The van der Waals surface area contributed by atoms with Gasteiger partial charge in [-0.1, -0.05) is 0 Å². The second-order valence-corrected chi connectivity index (χ2v) is 5.79. The van der Waals surface area contributed by atoms with Crippen molar-refractivity contribution in [2.45, 2.75) is 32.7 Å². The maximum absolute atomic E-state index is 5.02. The Kier molecular flexibility index (Phi) is 8.25. The van der Waals surface area contributed by atoms with E-state index in [1.165, 1.54) is 16.2 Å². The van der Waals surface area contributed by atoms with Crippen LogP contribution in [0.25, 0.3) is 0 Å². The smallest absolute Gasteiger partial charge is 0.191 e. The highest BCUT2D eigenvalue weighted by Gasteiger charge is 1.99. The average Bonchev–Trinajstić information content (AvgIpc) is 2.83. The zero-order valence-corrected chi connectivity index (χ0v) is 13.0. The number of nitrogens with zero attached hydrogens (tertiary/aromatic N) is 1. The van der Waals surface area contributed by atoms with Crippen molar-refractivity contribution in [3.8, 4) is 0 Å². The van der Waals surface area contributed by atoms with Crippen LogP contribution in [-0.2, 0) is 11.3 Å². The number of ether oxygens (including phenoxy) is 1. The number of rotatable bonds is 8. The summed E-state index contributed by atoms with van der Waals surface area (Å²) >= 11 is 1.82. The maximum Gasteiger partial charge on any atom is 0.191 e. The largest absolute Gasteiger partial charge is 0.385 e. The zero-order valence-electron chi connectivity index (χ0n) is 12.2. The summed E-state index contributed by atoms with van der Waals surface area (Å²) in [6, 6.07) is 4.30. The molecule has 0 aliphatic carbocycles. The standard InChI is InChI=1S/C14H25N3OS/c1-12-7-8-13(19-12)11-17-14(15-2)16-9-5-4-6-10-18-3/h7-8H,4-6,9-11H2,1-3H3,(H2,15,16,17). The molecule has 0 bridgehead atoms. The third kappa shape index (κ3) is 7.18. The minimum Gasteiger partial charge on any atom is -0.385 e. The quantitative estimate of drug-likeness (QED) is 0.438. The average molecular weight is 283 g/mol. The van der Waals surface area contributed by atoms with E-state index < -0.39 is 0 Å². The first-order chi connectivity index (χ1) is 9.26. The van der Waals surface area contributed by atoms with E-state index in [0.717, 1.165) is 38.5 Å². The van der Waals surface area contributed by atoms with E-state index in [-0.39, 0.29) is 0 Å². The molecule has 1 aromatic rings. The van der Waals surface area contributed by atoms with E-state index in [4.69, 9.17) is 4.74 Å². The molecule has 0 saturated heterocycles. The Labute approximate surface area is 120 Å². The summed E-state index contributed by atoms with van der Waals surface area (Å²) in [5.41, 5.74) is 0. The fraction of sp³-hybridized carbons (Fsp3) is 0.643. The normalized spacial score (nSPS) is 11.6. The molecule has 0 atom stereocenters. The molecule has 2 N–H and O–H groups in total. The van der Waals surface area contributed by atoms with Crippen LogP contribution >= 0.6 is 11.3 Å². The van der Waals surface area contributed by atoms with Crippen LogP contribution in [0.15, 0.2) is 17.1 Å². The van der Waals surface area contributed by atoms with Gasteiger partial charge >= 0.3 is 0 Å². The monoisotopic (exact) mass is 283 g/mol. The van der Waals surface area contributed by atoms with Gasteiger partial charge in [-0.3, -0.25) is 4.99 Å². The van der Waals surface area contributed by atoms with Gasteiger partial charge in [-0.2, -0.15) is 0 Å². The fourth-order valence-electron chi connectivity index (χ4n) is 1.73. The molecular formula is C14H25N3OS. The van der Waals surface area contributed by atoms with Crippen molar-refractivity contribution < 1.29 is 4.74 Å². The van der Waals surface area contributed by atoms with Crippen molar-refractivity contribution in [2.75, 3.05) is 27.3 Å². The Bertz CT molecular complexity index is 377. The summed E-state index contributed by atoms with van der Waals surface area (Å²) in [6.07, 6.45) is 3.45. The molecule has 1 aromatic heterocycles. The molecule has 0 aliphatic rings. The predicted molar refractivity (Wildman–Crippen MR) is 83.0 cm³/mol. The van der Waals surface area contributed by atoms with Crippen LogP contribution in [-0.4, -0.2) is 33.3 Å². The van der Waals surface area contributed by atoms with Crippen molar-refractivity contribution in [2.24, 2.45) is 4.99 Å². The molecular weight excluding hydrogens is 258 g/mol. The molecule has 0 radical (unpaired) electrons. The molecule has 0 spiro atoms. The minimum absolute atomic E-state index is 0.835. The predicted octanol–water partition coefficient (Wildman–Crippen LogP) is 2.54. The molecule has 1 rings (SSSR count). The van der Waals surface area contributed by atoms with Gasteiger partial charge in [-0.15, -0.1) is 11.3 Å². The van der Waals surface area contributed by atoms with Gasteiger partial charge in [-0.05, 0) is 38.3 Å². The van der Waals surface area contributed by atoms with E-state index in [0.29, 0.717) is 0 Å². The third-order valence-corrected chi connectivity index (χ3v) is 3.77. The number of thiophene rings is 1. The van der Waals surface area contributed by atoms with E-state index in [9.17, 15) is 0 Å². The lowest BCUT2D eigenvalue weighted by molar-refractivity contribution is 0.192. The van der Waals surface area contributed by atoms with Gasteiger partial charge in [0.15, 0.2) is 5.96 Å². The second kappa shape index (κ2) is 9.81. The molecule has 1 heterocycles. The number of guanidine groups is 1. The van der Waals surface area contributed by atoms with Crippen LogP contribution in [0.3, 0.4) is 0 Å². The molecule has 4 nitrogen and oxygen atoms in total. The van der Waals surface area contributed by atoms with Gasteiger partial charge in [-0.25, -0.2) is 0 Å². The Balaban J connectivity index is 2.12. The van der Waals surface area contributed by atoms with Crippen molar-refractivity contribution in [3.63, 3.8) is 0 Å². The molecule has 0 fully saturated rings. The van der Waals surface area contributed by atoms with Gasteiger partial charge in [0.05, 0.1) is 6.54 Å². The summed E-state index contributed by atoms with van der Waals surface area (Å²) in [5, 5.41) is 6.65. The lowest BCUT2D eigenvalue weighted by Crippen LogP contribution is -2.37. The summed E-state index contributed by atoms with van der Waals surface area (Å²) in [5.74, 6) is 0.873. The highest BCUT2D eigenvalue weighted by atomic mass is 32.1. The summed E-state index contributed by atoms with van der Waals surface area (Å²) in [4.78, 5) is 6.90. The first kappa shape index (κ1) is 16.0. The van der Waals surface area contributed by atoms with Crippen molar-refractivity contribution in [1.82, 2.24) is 10.6 Å². The van der Waals surface area contributed by atoms with Gasteiger partial charge in [0.25, 0.3) is 0 Å². The van der Waals surface area contributed by atoms with Crippen LogP contribution in [0.5, 0.6) is 0 Å². The van der Waals surface area contributed by atoms with Crippen LogP contribution in [0.2, 0.25) is 0 Å². The molecule has 0 aliphatic heterocycles. The van der Waals surface area contributed by atoms with Crippen molar-refractivity contribution >= 4 is 17.3 Å². The van der Waals surface area contributed by atoms with Crippen LogP contribution in [0, 0.1) is 6.92 Å². The highest BCUT2D eigenvalue weighted by molar-refractivity contribution is 7.11. The van der Waals surface area contributed by atoms with Gasteiger partial charge < -0.3 is 15.4 Å². The molecule has 5 heteroatoms. The number of unbranched alkanes of at least 4 members (excludes halogenated alkanes) is 2. The SMILES string of the molecule is CN=C(NCCCCCOC)NCc1ccc(C)s1. The molecule has 0 aromatic carbocycles. The summed E-state index contributed by atoms with van der Waals surface area (Å²) in [7, 11) is 3.55. The molecule has 108 valence electrons. The van der Waals surface area contributed by atoms with Crippen molar-refractivity contribution in [1.29, 1.82) is 0 Å². The van der Waals surface area contributed by atoms with Gasteiger partial charge in [0.2, 0.25) is 0 Å². The highest BCUT2D eigenvalue weighted by Crippen LogP contribution is 2.14. The van der Waals surface area contributed by atoms with E-state index in [1.54, 1.807) is 14.2 Å². The van der Waals surface area contributed by atoms with E-state index in [1.807, 2.05) is 11.3 Å². The van der Waals surface area contributed by atoms with Crippen LogP contribution < -0.4 is 10.6 Å². The van der Waals surface area contributed by atoms with Crippen molar-refractivity contribution in [3.05, 3.63) is 21.9 Å². The summed E-state index contributed by atoms with van der Waals surface area (Å²) < 4.78 is 5.02. The number of aryl methyl sites for hydroxylation is 1. The number of methoxy groups -OCH3 is 1. The molecule has 0 unspecified atom stereocenters. The first-order valence-corrected chi connectivity index (χ1v) is 7.56. The van der Waals surface area contributed by atoms with E-state index in [2.05, 4.69) is 34.7 Å². The van der Waals surface area contributed by atoms with Gasteiger partial charge in [0, 0.05) is 37.1 Å². The lowest BCUT2D eigenvalue weighted by Gasteiger charge is -2.11. The number of nitrogens with one attached hydrogen (secondary N) is 2. The summed E-state index contributed by atoms with van der Waals surface area (Å²) in [6.45, 7) is 4.76. The number of aliphatic imine (C=N–C) groups is 1. The molecule has 0 saturated carbocycles. The Morgan fingerprint density at radius 1 is 1.26 bits per heavy atom. The number of hydrogen-bond acceptors (Lipinski definition) is 3. The Morgan fingerprint density at radius 3 is 2.74 bits per heavy atom. The fourth-order valence-corrected chi connectivity index (χ4v) is 2.56. The molecule has 19 heavy (non-hydrogen) atoms. The third-order valence-electron chi connectivity index (χ3n) is 2.77. The van der Waals surface area contributed by atoms with Crippen LogP contribution in [0.4, 0.5) is 0 Å². The first-order valence-electron chi connectivity index (χ1n) is 6.75. The van der Waals surface area contributed by atoms with Gasteiger partial charge in [0.1, 0.15) is 0 Å². The molecule has 0 amide bonds. The topological polar surface area (TPSA) is 45.7 Å². The van der Waals surface area contributed by atoms with E-state index >= 15 is 0 Å². The maximum atomic E-state index is 5.02. The Morgan fingerprint density at radius 2 is 2.11 bits per heavy atom.